The van der Waals surface area contributed by atoms with Crippen molar-refractivity contribution in [2.24, 2.45) is 5.73 Å². The van der Waals surface area contributed by atoms with Gasteiger partial charge in [0, 0.05) is 11.6 Å². The van der Waals surface area contributed by atoms with Crippen molar-refractivity contribution in [3.05, 3.63) is 36.5 Å². The maximum atomic E-state index is 11.9. The standard InChI is InChI=1S/C14H17N3O/c1-2-5-11(15)14(18)17-12-8-3-6-10-7-4-9-16-13(10)12/h3-4,6-9,11H,2,5,15H2,1H3,(H,17,18)/t11-/m0/s1. The molecule has 0 unspecified atom stereocenters. The van der Waals surface area contributed by atoms with Crippen LogP contribution >= 0.6 is 0 Å². The predicted octanol–water partition coefficient (Wildman–Crippen LogP) is 2.30. The summed E-state index contributed by atoms with van der Waals surface area (Å²) in [6.45, 7) is 2.01. The molecule has 0 fully saturated rings. The van der Waals surface area contributed by atoms with Gasteiger partial charge in [0.1, 0.15) is 0 Å². The lowest BCUT2D eigenvalue weighted by atomic mass is 10.1. The SMILES string of the molecule is CCC[C@H](N)C(=O)Nc1cccc2cccnc12. The number of nitrogens with one attached hydrogen (secondary N) is 1. The maximum Gasteiger partial charge on any atom is 0.241 e. The third kappa shape index (κ3) is 2.65. The van der Waals surface area contributed by atoms with Crippen molar-refractivity contribution in [1.29, 1.82) is 0 Å². The molecule has 0 aliphatic heterocycles. The van der Waals surface area contributed by atoms with E-state index in [0.29, 0.717) is 12.1 Å². The van der Waals surface area contributed by atoms with Gasteiger partial charge >= 0.3 is 0 Å². The van der Waals surface area contributed by atoms with E-state index in [2.05, 4.69) is 10.3 Å². The summed E-state index contributed by atoms with van der Waals surface area (Å²) in [5.41, 5.74) is 7.29. The average Bonchev–Trinajstić information content (AvgIpc) is 2.39. The molecule has 3 N–H and O–H groups in total. The van der Waals surface area contributed by atoms with Crippen molar-refractivity contribution in [2.45, 2.75) is 25.8 Å². The highest BCUT2D eigenvalue weighted by molar-refractivity contribution is 6.02. The third-order valence-corrected chi connectivity index (χ3v) is 2.83. The second-order valence-corrected chi connectivity index (χ2v) is 4.27. The van der Waals surface area contributed by atoms with Gasteiger partial charge in [-0.2, -0.15) is 0 Å². The monoisotopic (exact) mass is 243 g/mol. The van der Waals surface area contributed by atoms with Crippen molar-refractivity contribution in [3.63, 3.8) is 0 Å². The Bertz CT molecular complexity index is 548. The first-order chi connectivity index (χ1) is 8.72. The molecular weight excluding hydrogens is 226 g/mol. The molecule has 1 aromatic carbocycles. The number of hydrogen-bond acceptors (Lipinski definition) is 3. The van der Waals surface area contributed by atoms with Crippen LogP contribution in [0.4, 0.5) is 5.69 Å². The number of aromatic nitrogens is 1. The van der Waals surface area contributed by atoms with E-state index < -0.39 is 6.04 Å². The first-order valence-corrected chi connectivity index (χ1v) is 6.12. The first kappa shape index (κ1) is 12.5. The van der Waals surface area contributed by atoms with Crippen LogP contribution in [0.2, 0.25) is 0 Å². The van der Waals surface area contributed by atoms with E-state index in [-0.39, 0.29) is 5.91 Å². The lowest BCUT2D eigenvalue weighted by Crippen LogP contribution is -2.35. The number of amides is 1. The second kappa shape index (κ2) is 5.60. The Morgan fingerprint density at radius 2 is 2.17 bits per heavy atom. The van der Waals surface area contributed by atoms with Gasteiger partial charge < -0.3 is 11.1 Å². The number of rotatable bonds is 4. The molecule has 18 heavy (non-hydrogen) atoms. The molecule has 1 atom stereocenters. The number of hydrogen-bond donors (Lipinski definition) is 2. The smallest absolute Gasteiger partial charge is 0.241 e. The first-order valence-electron chi connectivity index (χ1n) is 6.12. The molecule has 0 saturated heterocycles. The van der Waals surface area contributed by atoms with Crippen molar-refractivity contribution in [2.75, 3.05) is 5.32 Å². The van der Waals surface area contributed by atoms with Crippen molar-refractivity contribution in [3.8, 4) is 0 Å². The highest BCUT2D eigenvalue weighted by atomic mass is 16.2. The summed E-state index contributed by atoms with van der Waals surface area (Å²) in [4.78, 5) is 16.2. The van der Waals surface area contributed by atoms with Gasteiger partial charge in [0.2, 0.25) is 5.91 Å². The van der Waals surface area contributed by atoms with Crippen LogP contribution in [-0.2, 0) is 4.79 Å². The number of pyridine rings is 1. The molecule has 4 heteroatoms. The number of anilines is 1. The Labute approximate surface area is 106 Å². The van der Waals surface area contributed by atoms with Gasteiger partial charge in [-0.25, -0.2) is 0 Å². The summed E-state index contributed by atoms with van der Waals surface area (Å²) >= 11 is 0. The van der Waals surface area contributed by atoms with Crippen LogP contribution in [0.15, 0.2) is 36.5 Å². The van der Waals surface area contributed by atoms with Crippen LogP contribution in [0.5, 0.6) is 0 Å². The molecule has 0 bridgehead atoms. The van der Waals surface area contributed by atoms with Gasteiger partial charge in [-0.05, 0) is 18.6 Å². The third-order valence-electron chi connectivity index (χ3n) is 2.83. The summed E-state index contributed by atoms with van der Waals surface area (Å²) in [6, 6.07) is 9.07. The number of benzene rings is 1. The van der Waals surface area contributed by atoms with E-state index in [1.807, 2.05) is 37.3 Å². The Hall–Kier alpha value is -1.94. The van der Waals surface area contributed by atoms with Gasteiger partial charge in [0.05, 0.1) is 17.2 Å². The normalized spacial score (nSPS) is 12.3. The summed E-state index contributed by atoms with van der Waals surface area (Å²) in [6.07, 6.45) is 3.29. The molecule has 0 aliphatic carbocycles. The largest absolute Gasteiger partial charge is 0.323 e. The molecule has 4 nitrogen and oxygen atoms in total. The minimum absolute atomic E-state index is 0.157. The Morgan fingerprint density at radius 3 is 2.94 bits per heavy atom. The van der Waals surface area contributed by atoms with Crippen molar-refractivity contribution in [1.82, 2.24) is 4.98 Å². The zero-order valence-corrected chi connectivity index (χ0v) is 10.4. The van der Waals surface area contributed by atoms with Gasteiger partial charge in [0.25, 0.3) is 0 Å². The van der Waals surface area contributed by atoms with E-state index in [9.17, 15) is 4.79 Å². The lowest BCUT2D eigenvalue weighted by molar-refractivity contribution is -0.117. The van der Waals surface area contributed by atoms with Crippen LogP contribution < -0.4 is 11.1 Å². The predicted molar refractivity (Wildman–Crippen MR) is 73.3 cm³/mol. The van der Waals surface area contributed by atoms with Crippen LogP contribution in [0.3, 0.4) is 0 Å². The van der Waals surface area contributed by atoms with Crippen LogP contribution in [-0.4, -0.2) is 16.9 Å². The lowest BCUT2D eigenvalue weighted by Gasteiger charge is -2.12. The van der Waals surface area contributed by atoms with E-state index >= 15 is 0 Å². The fourth-order valence-corrected chi connectivity index (χ4v) is 1.87. The van der Waals surface area contributed by atoms with Gasteiger partial charge in [-0.1, -0.05) is 31.5 Å². The fourth-order valence-electron chi connectivity index (χ4n) is 1.87. The van der Waals surface area contributed by atoms with Gasteiger partial charge in [-0.15, -0.1) is 0 Å². The number of carbonyl (C=O) groups excluding carboxylic acids is 1. The summed E-state index contributed by atoms with van der Waals surface area (Å²) in [7, 11) is 0. The number of carbonyl (C=O) groups is 1. The average molecular weight is 243 g/mol. The number of para-hydroxylation sites is 1. The molecular formula is C14H17N3O. The number of nitrogens with zero attached hydrogens (tertiary/aromatic N) is 1. The minimum atomic E-state index is -0.464. The molecule has 1 aromatic heterocycles. The van der Waals surface area contributed by atoms with Gasteiger partial charge in [0.15, 0.2) is 0 Å². The zero-order chi connectivity index (χ0) is 13.0. The molecule has 0 aliphatic rings. The van der Waals surface area contributed by atoms with Crippen LogP contribution in [0, 0.1) is 0 Å². The summed E-state index contributed by atoms with van der Waals surface area (Å²) in [5, 5.41) is 3.84. The summed E-state index contributed by atoms with van der Waals surface area (Å²) < 4.78 is 0. The Morgan fingerprint density at radius 1 is 1.39 bits per heavy atom. The highest BCUT2D eigenvalue weighted by Gasteiger charge is 2.13. The Kier molecular flexibility index (Phi) is 3.89. The summed E-state index contributed by atoms with van der Waals surface area (Å²) in [5.74, 6) is -0.157. The molecule has 1 amide bonds. The molecule has 0 saturated carbocycles. The zero-order valence-electron chi connectivity index (χ0n) is 10.4. The molecule has 2 rings (SSSR count). The van der Waals surface area contributed by atoms with E-state index in [1.165, 1.54) is 0 Å². The van der Waals surface area contributed by atoms with E-state index in [4.69, 9.17) is 5.73 Å². The van der Waals surface area contributed by atoms with Crippen LogP contribution in [0.25, 0.3) is 10.9 Å². The van der Waals surface area contributed by atoms with E-state index in [0.717, 1.165) is 17.3 Å². The molecule has 2 aromatic rings. The highest BCUT2D eigenvalue weighted by Crippen LogP contribution is 2.20. The molecule has 0 radical (unpaired) electrons. The van der Waals surface area contributed by atoms with Crippen molar-refractivity contribution < 1.29 is 4.79 Å². The molecule has 1 heterocycles. The molecule has 94 valence electrons. The maximum absolute atomic E-state index is 11.9. The fraction of sp³-hybridized carbons (Fsp3) is 0.286. The second-order valence-electron chi connectivity index (χ2n) is 4.27. The van der Waals surface area contributed by atoms with Crippen LogP contribution in [0.1, 0.15) is 19.8 Å². The minimum Gasteiger partial charge on any atom is -0.323 e. The number of fused-ring (bicyclic) bond motifs is 1. The number of nitrogens with two attached hydrogens (primary N) is 1. The topological polar surface area (TPSA) is 68.0 Å². The quantitative estimate of drug-likeness (QED) is 0.865. The van der Waals surface area contributed by atoms with Crippen molar-refractivity contribution >= 4 is 22.5 Å². The molecule has 0 spiro atoms. The van der Waals surface area contributed by atoms with Gasteiger partial charge in [-0.3, -0.25) is 9.78 Å². The Balaban J connectivity index is 2.24. The van der Waals surface area contributed by atoms with E-state index in [1.54, 1.807) is 6.20 Å².